The predicted molar refractivity (Wildman–Crippen MR) is 87.0 cm³/mol. The van der Waals surface area contributed by atoms with Gasteiger partial charge in [0.1, 0.15) is 5.60 Å². The van der Waals surface area contributed by atoms with Crippen LogP contribution < -0.4 is 0 Å². The molecule has 0 saturated carbocycles. The van der Waals surface area contributed by atoms with E-state index < -0.39 is 5.60 Å². The van der Waals surface area contributed by atoms with Crippen molar-refractivity contribution in [2.75, 3.05) is 0 Å². The van der Waals surface area contributed by atoms with Crippen LogP contribution in [0.2, 0.25) is 10.0 Å². The second-order valence-electron chi connectivity index (χ2n) is 4.85. The molecule has 1 unspecified atom stereocenters. The molecular weight excluding hydrogens is 311 g/mol. The van der Waals surface area contributed by atoms with Crippen LogP contribution in [0.4, 0.5) is 0 Å². The van der Waals surface area contributed by atoms with Crippen LogP contribution in [0, 0.1) is 0 Å². The Morgan fingerprint density at radius 3 is 2.45 bits per heavy atom. The SMILES string of the molecule is CC(O)(c1ccc(Cl)c(Cl)c1)c1cc2ccccc2s1. The summed E-state index contributed by atoms with van der Waals surface area (Å²) in [4.78, 5) is 0.886. The lowest BCUT2D eigenvalue weighted by Gasteiger charge is -2.22. The first kappa shape index (κ1) is 13.9. The van der Waals surface area contributed by atoms with Crippen LogP contribution in [0.5, 0.6) is 0 Å². The Balaban J connectivity index is 2.12. The molecule has 4 heteroatoms. The van der Waals surface area contributed by atoms with Gasteiger partial charge in [-0.2, -0.15) is 0 Å². The average molecular weight is 323 g/mol. The van der Waals surface area contributed by atoms with Crippen molar-refractivity contribution in [2.24, 2.45) is 0 Å². The first-order valence-corrected chi connectivity index (χ1v) is 7.72. The summed E-state index contributed by atoms with van der Waals surface area (Å²) in [6.07, 6.45) is 0. The normalized spacial score (nSPS) is 14.4. The van der Waals surface area contributed by atoms with Gasteiger partial charge >= 0.3 is 0 Å². The number of rotatable bonds is 2. The minimum absolute atomic E-state index is 0.450. The summed E-state index contributed by atoms with van der Waals surface area (Å²) in [5, 5.41) is 13.0. The van der Waals surface area contributed by atoms with Crippen LogP contribution in [0.3, 0.4) is 0 Å². The monoisotopic (exact) mass is 322 g/mol. The van der Waals surface area contributed by atoms with E-state index in [1.54, 1.807) is 36.5 Å². The second kappa shape index (κ2) is 5.05. The fourth-order valence-electron chi connectivity index (χ4n) is 2.16. The van der Waals surface area contributed by atoms with Gasteiger partial charge in [0.2, 0.25) is 0 Å². The molecule has 0 radical (unpaired) electrons. The van der Waals surface area contributed by atoms with E-state index in [0.717, 1.165) is 20.5 Å². The molecule has 1 atom stereocenters. The molecule has 1 heterocycles. The lowest BCUT2D eigenvalue weighted by Crippen LogP contribution is -2.21. The molecule has 0 aliphatic carbocycles. The standard InChI is InChI=1S/C16H12Cl2OS/c1-16(19,11-6-7-12(17)13(18)9-11)15-8-10-4-2-3-5-14(10)20-15/h2-9,19H,1H3. The van der Waals surface area contributed by atoms with Crippen molar-refractivity contribution >= 4 is 44.6 Å². The molecule has 3 aromatic rings. The van der Waals surface area contributed by atoms with E-state index in [2.05, 4.69) is 6.07 Å². The van der Waals surface area contributed by atoms with Crippen molar-refractivity contribution in [3.8, 4) is 0 Å². The summed E-state index contributed by atoms with van der Waals surface area (Å²) in [5.41, 5.74) is -0.351. The zero-order valence-electron chi connectivity index (χ0n) is 10.7. The van der Waals surface area contributed by atoms with Crippen molar-refractivity contribution in [3.05, 3.63) is 69.0 Å². The van der Waals surface area contributed by atoms with Gasteiger partial charge in [0.25, 0.3) is 0 Å². The van der Waals surface area contributed by atoms with Crippen LogP contribution in [0.15, 0.2) is 48.5 Å². The molecule has 0 aliphatic rings. The number of hydrogen-bond donors (Lipinski definition) is 1. The van der Waals surface area contributed by atoms with Gasteiger partial charge in [-0.15, -0.1) is 11.3 Å². The molecule has 0 amide bonds. The highest BCUT2D eigenvalue weighted by atomic mass is 35.5. The van der Waals surface area contributed by atoms with E-state index in [1.165, 1.54) is 0 Å². The third-order valence-corrected chi connectivity index (χ3v) is 5.45. The summed E-state index contributed by atoms with van der Waals surface area (Å²) < 4.78 is 1.16. The molecule has 0 fully saturated rings. The Labute approximate surface area is 131 Å². The molecule has 1 aromatic heterocycles. The van der Waals surface area contributed by atoms with Crippen molar-refractivity contribution in [2.45, 2.75) is 12.5 Å². The van der Waals surface area contributed by atoms with Crippen LogP contribution >= 0.6 is 34.5 Å². The maximum atomic E-state index is 10.9. The average Bonchev–Trinajstić information content (AvgIpc) is 2.86. The molecule has 0 aliphatic heterocycles. The maximum absolute atomic E-state index is 10.9. The fourth-order valence-corrected chi connectivity index (χ4v) is 3.59. The van der Waals surface area contributed by atoms with E-state index in [-0.39, 0.29) is 0 Å². The highest BCUT2D eigenvalue weighted by molar-refractivity contribution is 7.19. The molecular formula is C16H12Cl2OS. The van der Waals surface area contributed by atoms with E-state index in [0.29, 0.717) is 10.0 Å². The van der Waals surface area contributed by atoms with Crippen LogP contribution in [0.1, 0.15) is 17.4 Å². The van der Waals surface area contributed by atoms with E-state index in [1.807, 2.05) is 24.3 Å². The summed E-state index contributed by atoms with van der Waals surface area (Å²) in [6.45, 7) is 1.78. The summed E-state index contributed by atoms with van der Waals surface area (Å²) in [5.74, 6) is 0. The number of aliphatic hydroxyl groups is 1. The molecule has 20 heavy (non-hydrogen) atoms. The lowest BCUT2D eigenvalue weighted by molar-refractivity contribution is 0.106. The third-order valence-electron chi connectivity index (χ3n) is 3.39. The fraction of sp³-hybridized carbons (Fsp3) is 0.125. The van der Waals surface area contributed by atoms with E-state index >= 15 is 0 Å². The van der Waals surface area contributed by atoms with Gasteiger partial charge < -0.3 is 5.11 Å². The Morgan fingerprint density at radius 1 is 1.00 bits per heavy atom. The van der Waals surface area contributed by atoms with Gasteiger partial charge in [0.05, 0.1) is 10.0 Å². The van der Waals surface area contributed by atoms with Crippen molar-refractivity contribution in [3.63, 3.8) is 0 Å². The Kier molecular flexibility index (Phi) is 3.51. The Hall–Kier alpha value is -1.06. The summed E-state index contributed by atoms with van der Waals surface area (Å²) in [7, 11) is 0. The molecule has 1 nitrogen and oxygen atoms in total. The Morgan fingerprint density at radius 2 is 1.75 bits per heavy atom. The van der Waals surface area contributed by atoms with Crippen LogP contribution in [-0.4, -0.2) is 5.11 Å². The number of halogens is 2. The molecule has 1 N–H and O–H groups in total. The largest absolute Gasteiger partial charge is 0.380 e. The van der Waals surface area contributed by atoms with Gasteiger partial charge in [-0.1, -0.05) is 47.5 Å². The Bertz CT molecular complexity index is 744. The molecule has 0 saturated heterocycles. The van der Waals surface area contributed by atoms with Crippen molar-refractivity contribution in [1.29, 1.82) is 0 Å². The smallest absolute Gasteiger partial charge is 0.121 e. The lowest BCUT2D eigenvalue weighted by atomic mass is 9.94. The third kappa shape index (κ3) is 2.33. The van der Waals surface area contributed by atoms with Crippen LogP contribution in [-0.2, 0) is 5.60 Å². The molecule has 3 rings (SSSR count). The molecule has 102 valence electrons. The minimum Gasteiger partial charge on any atom is -0.380 e. The van der Waals surface area contributed by atoms with E-state index in [4.69, 9.17) is 23.2 Å². The van der Waals surface area contributed by atoms with Crippen LogP contribution in [0.25, 0.3) is 10.1 Å². The first-order valence-electron chi connectivity index (χ1n) is 6.15. The number of fused-ring (bicyclic) bond motifs is 1. The zero-order chi connectivity index (χ0) is 14.3. The van der Waals surface area contributed by atoms with Crippen molar-refractivity contribution < 1.29 is 5.11 Å². The van der Waals surface area contributed by atoms with Gasteiger partial charge in [0.15, 0.2) is 0 Å². The maximum Gasteiger partial charge on any atom is 0.121 e. The predicted octanol–water partition coefficient (Wildman–Crippen LogP) is 5.46. The highest BCUT2D eigenvalue weighted by Crippen LogP contribution is 2.38. The first-order chi connectivity index (χ1) is 9.48. The topological polar surface area (TPSA) is 20.2 Å². The molecule has 2 aromatic carbocycles. The van der Waals surface area contributed by atoms with E-state index in [9.17, 15) is 5.11 Å². The second-order valence-corrected chi connectivity index (χ2v) is 6.75. The number of hydrogen-bond acceptors (Lipinski definition) is 2. The number of benzene rings is 2. The minimum atomic E-state index is -1.09. The van der Waals surface area contributed by atoms with Gasteiger partial charge in [-0.25, -0.2) is 0 Å². The quantitative estimate of drug-likeness (QED) is 0.663. The van der Waals surface area contributed by atoms with Gasteiger partial charge in [-0.3, -0.25) is 0 Å². The van der Waals surface area contributed by atoms with Crippen molar-refractivity contribution in [1.82, 2.24) is 0 Å². The highest BCUT2D eigenvalue weighted by Gasteiger charge is 2.28. The van der Waals surface area contributed by atoms with Gasteiger partial charge in [0, 0.05) is 9.58 Å². The summed E-state index contributed by atoms with van der Waals surface area (Å²) >= 11 is 13.6. The van der Waals surface area contributed by atoms with Gasteiger partial charge in [-0.05, 0) is 42.1 Å². The zero-order valence-corrected chi connectivity index (χ0v) is 13.1. The number of thiophene rings is 1. The summed E-state index contributed by atoms with van der Waals surface area (Å²) in [6, 6.07) is 15.3. The molecule has 0 spiro atoms. The molecule has 0 bridgehead atoms.